The molecule has 1 N–H and O–H groups in total. The molecule has 2 heterocycles. The van der Waals surface area contributed by atoms with Crippen LogP contribution in [0, 0.1) is 6.92 Å². The Morgan fingerprint density at radius 2 is 1.92 bits per heavy atom. The minimum absolute atomic E-state index is 0.0492. The van der Waals surface area contributed by atoms with Crippen LogP contribution in [0.3, 0.4) is 0 Å². The number of carbonyl (C=O) groups excluding carboxylic acids is 1. The van der Waals surface area contributed by atoms with Crippen molar-refractivity contribution in [2.75, 3.05) is 5.32 Å². The second-order valence-corrected chi connectivity index (χ2v) is 5.70. The maximum absolute atomic E-state index is 13.7. The third kappa shape index (κ3) is 4.02. The summed E-state index contributed by atoms with van der Waals surface area (Å²) in [6.07, 6.45) is 0.663. The van der Waals surface area contributed by atoms with Gasteiger partial charge in [-0.2, -0.15) is 13.9 Å². The third-order valence-electron chi connectivity index (χ3n) is 3.48. The van der Waals surface area contributed by atoms with Crippen molar-refractivity contribution in [1.82, 2.24) is 14.8 Å². The van der Waals surface area contributed by atoms with Gasteiger partial charge in [-0.05, 0) is 31.2 Å². The van der Waals surface area contributed by atoms with Crippen molar-refractivity contribution in [3.63, 3.8) is 0 Å². The Morgan fingerprint density at radius 1 is 1.19 bits per heavy atom. The number of rotatable bonds is 4. The third-order valence-corrected chi connectivity index (χ3v) is 3.48. The van der Waals surface area contributed by atoms with Crippen molar-refractivity contribution in [3.05, 3.63) is 66.1 Å². The van der Waals surface area contributed by atoms with E-state index < -0.39 is 17.7 Å². The number of nitrogens with one attached hydrogen (secondary N) is 1. The molecule has 0 saturated carbocycles. The van der Waals surface area contributed by atoms with Crippen molar-refractivity contribution in [2.24, 2.45) is 0 Å². The molecule has 0 aliphatic carbocycles. The van der Waals surface area contributed by atoms with Crippen LogP contribution in [-0.4, -0.2) is 20.9 Å². The number of carbonyl (C=O) groups is 1. The highest BCUT2D eigenvalue weighted by molar-refractivity contribution is 5.85. The van der Waals surface area contributed by atoms with Crippen molar-refractivity contribution in [3.8, 4) is 11.4 Å². The minimum Gasteiger partial charge on any atom is -0.410 e. The lowest BCUT2D eigenvalue weighted by atomic mass is 10.3. The zero-order valence-electron chi connectivity index (χ0n) is 14.1. The fourth-order valence-electron chi connectivity index (χ4n) is 2.19. The number of benzene rings is 1. The van der Waals surface area contributed by atoms with E-state index >= 15 is 0 Å². The number of pyridine rings is 1. The number of hydrogen-bond acceptors (Lipinski definition) is 4. The molecule has 0 bridgehead atoms. The number of anilines is 1. The second kappa shape index (κ2) is 6.91. The second-order valence-electron chi connectivity index (χ2n) is 5.70. The molecule has 3 rings (SSSR count). The smallest absolute Gasteiger partial charge is 0.410 e. The van der Waals surface area contributed by atoms with Crippen molar-refractivity contribution in [1.29, 1.82) is 0 Å². The quantitative estimate of drug-likeness (QED) is 0.755. The monoisotopic (exact) mass is 358 g/mol. The van der Waals surface area contributed by atoms with Gasteiger partial charge >= 0.3 is 6.09 Å². The number of aromatic nitrogens is 3. The summed E-state index contributed by atoms with van der Waals surface area (Å²) in [4.78, 5) is 16.2. The summed E-state index contributed by atoms with van der Waals surface area (Å²) in [5.41, 5.74) is 0.717. The summed E-state index contributed by atoms with van der Waals surface area (Å²) in [7, 11) is 0. The van der Waals surface area contributed by atoms with E-state index in [1.807, 2.05) is 0 Å². The maximum atomic E-state index is 13.7. The van der Waals surface area contributed by atoms with Gasteiger partial charge < -0.3 is 4.74 Å². The molecule has 0 atom stereocenters. The van der Waals surface area contributed by atoms with Crippen molar-refractivity contribution < 1.29 is 18.3 Å². The number of alkyl halides is 2. The van der Waals surface area contributed by atoms with Crippen LogP contribution in [0.15, 0.2) is 54.7 Å². The van der Waals surface area contributed by atoms with Gasteiger partial charge in [0.15, 0.2) is 0 Å². The molecule has 8 heteroatoms. The number of amides is 1. The Morgan fingerprint density at radius 3 is 2.54 bits per heavy atom. The molecular weight excluding hydrogens is 342 g/mol. The lowest BCUT2D eigenvalue weighted by Gasteiger charge is -2.09. The van der Waals surface area contributed by atoms with Crippen molar-refractivity contribution >= 4 is 11.9 Å². The number of para-hydroxylation sites is 1. The molecule has 1 amide bonds. The van der Waals surface area contributed by atoms with E-state index in [0.717, 1.165) is 18.7 Å². The molecule has 3 aromatic rings. The van der Waals surface area contributed by atoms with Gasteiger partial charge in [0.1, 0.15) is 17.3 Å². The summed E-state index contributed by atoms with van der Waals surface area (Å²) < 4.78 is 33.7. The number of hydrogen-bond donors (Lipinski definition) is 1. The molecule has 0 saturated heterocycles. The summed E-state index contributed by atoms with van der Waals surface area (Å²) in [5, 5.41) is 6.34. The van der Waals surface area contributed by atoms with Gasteiger partial charge in [0.2, 0.25) is 0 Å². The maximum Gasteiger partial charge on any atom is 0.418 e. The number of halogens is 2. The first-order valence-corrected chi connectivity index (χ1v) is 7.78. The van der Waals surface area contributed by atoms with Crippen LogP contribution in [0.1, 0.15) is 18.3 Å². The number of ether oxygens (including phenoxy) is 1. The first-order chi connectivity index (χ1) is 12.3. The first kappa shape index (κ1) is 17.5. The van der Waals surface area contributed by atoms with Crippen LogP contribution >= 0.6 is 0 Å². The fourth-order valence-corrected chi connectivity index (χ4v) is 2.19. The molecule has 6 nitrogen and oxygen atoms in total. The van der Waals surface area contributed by atoms with E-state index in [1.165, 1.54) is 10.9 Å². The average molecular weight is 358 g/mol. The highest BCUT2D eigenvalue weighted by atomic mass is 19.3. The molecule has 1 aromatic carbocycles. The van der Waals surface area contributed by atoms with Crippen molar-refractivity contribution in [2.45, 2.75) is 19.8 Å². The number of nitrogens with zero attached hydrogens (tertiary/aromatic N) is 3. The molecule has 0 fully saturated rings. The lowest BCUT2D eigenvalue weighted by Crippen LogP contribution is -2.19. The summed E-state index contributed by atoms with van der Waals surface area (Å²) in [6.45, 7) is 2.54. The SMILES string of the molecule is Cc1ccc(-n2nc(C(C)(F)F)cc2NC(=O)Oc2ccccc2)cn1. The molecule has 0 aliphatic rings. The predicted molar refractivity (Wildman–Crippen MR) is 91.8 cm³/mol. The molecule has 0 radical (unpaired) electrons. The molecule has 26 heavy (non-hydrogen) atoms. The summed E-state index contributed by atoms with van der Waals surface area (Å²) >= 11 is 0. The Labute approximate surface area is 148 Å². The van der Waals surface area contributed by atoms with E-state index in [4.69, 9.17) is 4.74 Å². The topological polar surface area (TPSA) is 69.0 Å². The van der Waals surface area contributed by atoms with Gasteiger partial charge in [0.25, 0.3) is 5.92 Å². The largest absolute Gasteiger partial charge is 0.418 e. The predicted octanol–water partition coefficient (Wildman–Crippen LogP) is 4.30. The average Bonchev–Trinajstić information content (AvgIpc) is 3.00. The van der Waals surface area contributed by atoms with Gasteiger partial charge in [-0.25, -0.2) is 9.48 Å². The van der Waals surface area contributed by atoms with E-state index in [1.54, 1.807) is 49.4 Å². The van der Waals surface area contributed by atoms with Crippen LogP contribution in [0.5, 0.6) is 5.75 Å². The van der Waals surface area contributed by atoms with Gasteiger partial charge in [0.05, 0.1) is 11.9 Å². The van der Waals surface area contributed by atoms with Gasteiger partial charge in [-0.15, -0.1) is 0 Å². The van der Waals surface area contributed by atoms with E-state index in [2.05, 4.69) is 15.4 Å². The van der Waals surface area contributed by atoms with Gasteiger partial charge in [-0.1, -0.05) is 18.2 Å². The Balaban J connectivity index is 1.90. The van der Waals surface area contributed by atoms with E-state index in [9.17, 15) is 13.6 Å². The van der Waals surface area contributed by atoms with Gasteiger partial charge in [-0.3, -0.25) is 10.3 Å². The van der Waals surface area contributed by atoms with E-state index in [-0.39, 0.29) is 5.82 Å². The molecule has 0 spiro atoms. The highest BCUT2D eigenvalue weighted by Gasteiger charge is 2.30. The Kier molecular flexibility index (Phi) is 4.66. The van der Waals surface area contributed by atoms with Crippen LogP contribution in [-0.2, 0) is 5.92 Å². The summed E-state index contributed by atoms with van der Waals surface area (Å²) in [5.74, 6) is -2.79. The normalized spacial score (nSPS) is 11.2. The Bertz CT molecular complexity index is 903. The Hall–Kier alpha value is -3.29. The van der Waals surface area contributed by atoms with E-state index in [0.29, 0.717) is 11.4 Å². The highest BCUT2D eigenvalue weighted by Crippen LogP contribution is 2.29. The molecular formula is C18H16F2N4O2. The van der Waals surface area contributed by atoms with Crippen LogP contribution < -0.4 is 10.1 Å². The van der Waals surface area contributed by atoms with Crippen LogP contribution in [0.2, 0.25) is 0 Å². The number of aryl methyl sites for hydroxylation is 1. The lowest BCUT2D eigenvalue weighted by molar-refractivity contribution is 0.0124. The van der Waals surface area contributed by atoms with Crippen LogP contribution in [0.4, 0.5) is 19.4 Å². The van der Waals surface area contributed by atoms with Gasteiger partial charge in [0, 0.05) is 18.7 Å². The molecule has 0 aliphatic heterocycles. The minimum atomic E-state index is -3.16. The molecule has 0 unspecified atom stereocenters. The summed E-state index contributed by atoms with van der Waals surface area (Å²) in [6, 6.07) is 12.9. The zero-order chi connectivity index (χ0) is 18.7. The fraction of sp³-hybridized carbons (Fsp3) is 0.167. The standard InChI is InChI=1S/C18H16F2N4O2/c1-12-8-9-13(11-21-12)24-16(10-15(23-24)18(2,19)20)22-17(25)26-14-6-4-3-5-7-14/h3-11H,1-2H3,(H,22,25). The zero-order valence-corrected chi connectivity index (χ0v) is 14.1. The molecule has 134 valence electrons. The first-order valence-electron chi connectivity index (χ1n) is 7.78. The molecule has 2 aromatic heterocycles. The van der Waals surface area contributed by atoms with Crippen LogP contribution in [0.25, 0.3) is 5.69 Å².